The average Bonchev–Trinajstić information content (AvgIpc) is 2.46. The second-order valence-electron chi connectivity index (χ2n) is 7.33. The third kappa shape index (κ3) is 6.98. The molecule has 23 heavy (non-hydrogen) atoms. The van der Waals surface area contributed by atoms with Crippen LogP contribution < -0.4 is 4.57 Å². The summed E-state index contributed by atoms with van der Waals surface area (Å²) in [5, 5.41) is 9.33. The van der Waals surface area contributed by atoms with Crippen LogP contribution in [0.3, 0.4) is 0 Å². The van der Waals surface area contributed by atoms with E-state index in [0.717, 1.165) is 5.56 Å². The highest BCUT2D eigenvalue weighted by Crippen LogP contribution is 2.29. The van der Waals surface area contributed by atoms with Gasteiger partial charge in [-0.05, 0) is 25.8 Å². The number of pyridine rings is 1. The lowest BCUT2D eigenvalue weighted by Crippen LogP contribution is -2.54. The summed E-state index contributed by atoms with van der Waals surface area (Å²) in [6, 6.07) is 4.07. The third-order valence-corrected chi connectivity index (χ3v) is 3.65. The van der Waals surface area contributed by atoms with Gasteiger partial charge in [0.25, 0.3) is 0 Å². The van der Waals surface area contributed by atoms with E-state index in [1.807, 2.05) is 26.1 Å². The summed E-state index contributed by atoms with van der Waals surface area (Å²) in [5.74, 6) is -0.246. The molecule has 0 aliphatic rings. The van der Waals surface area contributed by atoms with Gasteiger partial charge in [-0.15, -0.1) is 0 Å². The highest BCUT2D eigenvalue weighted by Gasteiger charge is 2.40. The molecule has 0 spiro atoms. The van der Waals surface area contributed by atoms with Gasteiger partial charge in [-0.1, -0.05) is 39.8 Å². The predicted molar refractivity (Wildman–Crippen MR) is 97.2 cm³/mol. The van der Waals surface area contributed by atoms with Crippen LogP contribution in [0.4, 0.5) is 0 Å². The van der Waals surface area contributed by atoms with E-state index in [4.69, 9.17) is 0 Å². The SMILES string of the molecule is CC.CC(C)/C=C/c1ccc[n+](C(C)(C)CC(C)(C)C(=O)O)c1. The van der Waals surface area contributed by atoms with Gasteiger partial charge in [0.05, 0.1) is 5.41 Å². The van der Waals surface area contributed by atoms with Crippen LogP contribution in [-0.2, 0) is 10.3 Å². The summed E-state index contributed by atoms with van der Waals surface area (Å²) in [6.07, 6.45) is 8.92. The second kappa shape index (κ2) is 8.85. The fourth-order valence-electron chi connectivity index (χ4n) is 2.52. The van der Waals surface area contributed by atoms with Crippen molar-refractivity contribution in [3.05, 3.63) is 36.2 Å². The number of carboxylic acid groups (broad SMARTS) is 1. The number of rotatable bonds is 6. The maximum absolute atomic E-state index is 11.4. The molecule has 0 radical (unpaired) electrons. The number of carboxylic acids is 1. The minimum absolute atomic E-state index is 0.260. The Bertz CT molecular complexity index is 528. The maximum atomic E-state index is 11.4. The van der Waals surface area contributed by atoms with E-state index in [0.29, 0.717) is 12.3 Å². The first kappa shape index (κ1) is 21.4. The molecular weight excluding hydrogens is 286 g/mol. The fourth-order valence-corrected chi connectivity index (χ4v) is 2.52. The van der Waals surface area contributed by atoms with Gasteiger partial charge < -0.3 is 5.11 Å². The number of carbonyl (C=O) groups is 1. The zero-order valence-corrected chi connectivity index (χ0v) is 16.1. The zero-order valence-electron chi connectivity index (χ0n) is 16.1. The Morgan fingerprint density at radius 1 is 1.26 bits per heavy atom. The molecule has 0 saturated heterocycles. The fraction of sp³-hybridized carbons (Fsp3) is 0.600. The summed E-state index contributed by atoms with van der Waals surface area (Å²) < 4.78 is 2.11. The highest BCUT2D eigenvalue weighted by molar-refractivity contribution is 5.73. The van der Waals surface area contributed by atoms with Crippen molar-refractivity contribution in [1.29, 1.82) is 0 Å². The Labute approximate surface area is 142 Å². The van der Waals surface area contributed by atoms with Crippen LogP contribution >= 0.6 is 0 Å². The Kier molecular flexibility index (Phi) is 8.22. The van der Waals surface area contributed by atoms with Gasteiger partial charge in [0.15, 0.2) is 17.9 Å². The van der Waals surface area contributed by atoms with Crippen LogP contribution in [0.25, 0.3) is 6.08 Å². The number of allylic oxidation sites excluding steroid dienone is 1. The van der Waals surface area contributed by atoms with Gasteiger partial charge in [-0.2, -0.15) is 4.57 Å². The lowest BCUT2D eigenvalue weighted by atomic mass is 9.80. The molecule has 0 bridgehead atoms. The van der Waals surface area contributed by atoms with E-state index in [9.17, 15) is 9.90 Å². The van der Waals surface area contributed by atoms with Crippen LogP contribution in [0, 0.1) is 11.3 Å². The minimum Gasteiger partial charge on any atom is -0.481 e. The monoisotopic (exact) mass is 320 g/mol. The molecule has 0 unspecified atom stereocenters. The van der Waals surface area contributed by atoms with Crippen molar-refractivity contribution in [3.8, 4) is 0 Å². The van der Waals surface area contributed by atoms with Crippen molar-refractivity contribution >= 4 is 12.0 Å². The van der Waals surface area contributed by atoms with Crippen molar-refractivity contribution in [1.82, 2.24) is 0 Å². The van der Waals surface area contributed by atoms with Gasteiger partial charge in [0, 0.05) is 31.9 Å². The van der Waals surface area contributed by atoms with Crippen molar-refractivity contribution in [3.63, 3.8) is 0 Å². The molecule has 0 amide bonds. The molecular formula is C20H34NO2+. The number of hydrogen-bond acceptors (Lipinski definition) is 1. The molecule has 0 aliphatic heterocycles. The first-order valence-electron chi connectivity index (χ1n) is 8.48. The first-order chi connectivity index (χ1) is 10.5. The lowest BCUT2D eigenvalue weighted by Gasteiger charge is -2.28. The number of nitrogens with zero attached hydrogens (tertiary/aromatic N) is 1. The molecule has 0 saturated carbocycles. The molecule has 1 heterocycles. The normalized spacial score (nSPS) is 12.2. The van der Waals surface area contributed by atoms with Crippen molar-refractivity contribution < 1.29 is 14.5 Å². The van der Waals surface area contributed by atoms with Crippen LogP contribution in [0.1, 0.15) is 67.4 Å². The number of hydrogen-bond donors (Lipinski definition) is 1. The van der Waals surface area contributed by atoms with E-state index in [1.54, 1.807) is 13.8 Å². The molecule has 0 atom stereocenters. The first-order valence-corrected chi connectivity index (χ1v) is 8.48. The second-order valence-corrected chi connectivity index (χ2v) is 7.33. The molecule has 1 aromatic heterocycles. The molecule has 0 aliphatic carbocycles. The molecule has 1 N–H and O–H groups in total. The quantitative estimate of drug-likeness (QED) is 0.757. The Balaban J connectivity index is 0.00000232. The standard InChI is InChI=1S/C18H27NO2.C2H6/c1-14(2)9-10-15-8-7-11-19(12-15)18(5,6)13-17(3,4)16(20)21;1-2/h7-12,14H,13H2,1-6H3;1-2H3/p+1/b10-9+;. The van der Waals surface area contributed by atoms with Gasteiger partial charge in [0.1, 0.15) is 0 Å². The van der Waals surface area contributed by atoms with Crippen molar-refractivity contribution in [2.45, 2.75) is 67.3 Å². The minimum atomic E-state index is -0.757. The van der Waals surface area contributed by atoms with Crippen LogP contribution in [-0.4, -0.2) is 11.1 Å². The number of aliphatic carboxylic acids is 1. The molecule has 3 nitrogen and oxygen atoms in total. The molecule has 0 aromatic carbocycles. The van der Waals surface area contributed by atoms with Crippen LogP contribution in [0.15, 0.2) is 30.6 Å². The van der Waals surface area contributed by atoms with E-state index >= 15 is 0 Å². The Morgan fingerprint density at radius 2 is 1.83 bits per heavy atom. The molecule has 0 fully saturated rings. The maximum Gasteiger partial charge on any atom is 0.309 e. The molecule has 130 valence electrons. The number of aromatic nitrogens is 1. The summed E-state index contributed by atoms with van der Waals surface area (Å²) in [4.78, 5) is 11.4. The molecule has 1 rings (SSSR count). The topological polar surface area (TPSA) is 41.2 Å². The van der Waals surface area contributed by atoms with Gasteiger partial charge in [-0.3, -0.25) is 4.79 Å². The largest absolute Gasteiger partial charge is 0.481 e. The average molecular weight is 320 g/mol. The molecule has 1 aromatic rings. The summed E-state index contributed by atoms with van der Waals surface area (Å²) >= 11 is 0. The van der Waals surface area contributed by atoms with Crippen molar-refractivity contribution in [2.75, 3.05) is 0 Å². The third-order valence-electron chi connectivity index (χ3n) is 3.65. The van der Waals surface area contributed by atoms with E-state index in [2.05, 4.69) is 56.7 Å². The zero-order chi connectivity index (χ0) is 18.3. The Hall–Kier alpha value is -1.64. The summed E-state index contributed by atoms with van der Waals surface area (Å²) in [5.41, 5.74) is 0.122. The van der Waals surface area contributed by atoms with E-state index in [1.165, 1.54) is 0 Å². The van der Waals surface area contributed by atoms with Gasteiger partial charge in [-0.25, -0.2) is 0 Å². The summed E-state index contributed by atoms with van der Waals surface area (Å²) in [6.45, 7) is 16.0. The highest BCUT2D eigenvalue weighted by atomic mass is 16.4. The van der Waals surface area contributed by atoms with E-state index in [-0.39, 0.29) is 5.54 Å². The Morgan fingerprint density at radius 3 is 2.30 bits per heavy atom. The van der Waals surface area contributed by atoms with Crippen molar-refractivity contribution in [2.24, 2.45) is 11.3 Å². The van der Waals surface area contributed by atoms with E-state index < -0.39 is 11.4 Å². The smallest absolute Gasteiger partial charge is 0.309 e. The van der Waals surface area contributed by atoms with Gasteiger partial charge in [0.2, 0.25) is 0 Å². The van der Waals surface area contributed by atoms with Crippen LogP contribution in [0.2, 0.25) is 0 Å². The van der Waals surface area contributed by atoms with Crippen LogP contribution in [0.5, 0.6) is 0 Å². The lowest BCUT2D eigenvalue weighted by molar-refractivity contribution is -0.760. The summed E-state index contributed by atoms with van der Waals surface area (Å²) in [7, 11) is 0. The van der Waals surface area contributed by atoms with Gasteiger partial charge >= 0.3 is 5.97 Å². The molecule has 3 heteroatoms. The predicted octanol–water partition coefficient (Wildman–Crippen LogP) is 4.91.